The van der Waals surface area contributed by atoms with Gasteiger partial charge in [-0.15, -0.1) is 0 Å². The van der Waals surface area contributed by atoms with E-state index in [-0.39, 0.29) is 5.75 Å². The van der Waals surface area contributed by atoms with Gasteiger partial charge in [-0.2, -0.15) is 0 Å². The molecular formula is C16H23N3O2S. The van der Waals surface area contributed by atoms with Crippen LogP contribution in [0, 0.1) is 0 Å². The standard InChI is InChI=1S/C16H23N3O2S/c1-18(2)13-7-12(8-13)15-9-19(3)16-5-4-11(6-14(15)16)10-22(17,20)21/h4-6,9,12-13H,7-8,10H2,1-3H3,(H2,17,20,21). The van der Waals surface area contributed by atoms with Crippen molar-refractivity contribution in [2.24, 2.45) is 12.2 Å². The fourth-order valence-corrected chi connectivity index (χ4v) is 4.02. The second-order valence-corrected chi connectivity index (χ2v) is 8.25. The van der Waals surface area contributed by atoms with Gasteiger partial charge in [0.15, 0.2) is 0 Å². The van der Waals surface area contributed by atoms with Gasteiger partial charge in [-0.05, 0) is 56.1 Å². The third-order valence-corrected chi connectivity index (χ3v) is 5.47. The molecule has 2 aromatic rings. The van der Waals surface area contributed by atoms with E-state index in [0.29, 0.717) is 12.0 Å². The molecule has 0 amide bonds. The van der Waals surface area contributed by atoms with Crippen LogP contribution in [0.25, 0.3) is 10.9 Å². The Kier molecular flexibility index (Phi) is 3.79. The van der Waals surface area contributed by atoms with Crippen molar-refractivity contribution >= 4 is 20.9 Å². The molecular weight excluding hydrogens is 298 g/mol. The molecule has 0 saturated heterocycles. The molecule has 0 aliphatic heterocycles. The van der Waals surface area contributed by atoms with Gasteiger partial charge in [-0.25, -0.2) is 13.6 Å². The Hall–Kier alpha value is -1.37. The number of primary sulfonamides is 1. The van der Waals surface area contributed by atoms with Crippen molar-refractivity contribution in [2.45, 2.75) is 30.6 Å². The molecule has 6 heteroatoms. The quantitative estimate of drug-likeness (QED) is 0.933. The van der Waals surface area contributed by atoms with Crippen LogP contribution in [0.1, 0.15) is 29.9 Å². The molecule has 22 heavy (non-hydrogen) atoms. The van der Waals surface area contributed by atoms with E-state index in [1.165, 1.54) is 5.56 Å². The SMILES string of the molecule is CN(C)C1CC(c2cn(C)c3ccc(CS(N)(=O)=O)cc23)C1. The minimum atomic E-state index is -3.50. The molecule has 5 nitrogen and oxygen atoms in total. The third kappa shape index (κ3) is 2.91. The first-order valence-corrected chi connectivity index (χ1v) is 9.21. The number of sulfonamides is 1. The Labute approximate surface area is 131 Å². The van der Waals surface area contributed by atoms with Crippen molar-refractivity contribution in [3.8, 4) is 0 Å². The normalized spacial score (nSPS) is 22.2. The molecule has 0 bridgehead atoms. The van der Waals surface area contributed by atoms with Gasteiger partial charge in [0.25, 0.3) is 0 Å². The minimum absolute atomic E-state index is 0.109. The summed E-state index contributed by atoms with van der Waals surface area (Å²) in [5, 5.41) is 6.32. The highest BCUT2D eigenvalue weighted by molar-refractivity contribution is 7.88. The summed E-state index contributed by atoms with van der Waals surface area (Å²) >= 11 is 0. The molecule has 1 heterocycles. The van der Waals surface area contributed by atoms with Crippen LogP contribution in [0.4, 0.5) is 0 Å². The smallest absolute Gasteiger partial charge is 0.213 e. The lowest BCUT2D eigenvalue weighted by Crippen LogP contribution is -2.39. The molecule has 0 unspecified atom stereocenters. The molecule has 1 fully saturated rings. The van der Waals surface area contributed by atoms with E-state index in [4.69, 9.17) is 5.14 Å². The van der Waals surface area contributed by atoms with Gasteiger partial charge >= 0.3 is 0 Å². The summed E-state index contributed by atoms with van der Waals surface area (Å²) in [5.74, 6) is 0.447. The Balaban J connectivity index is 1.95. The molecule has 2 N–H and O–H groups in total. The number of nitrogens with zero attached hydrogens (tertiary/aromatic N) is 2. The van der Waals surface area contributed by atoms with Crippen LogP contribution in [0.5, 0.6) is 0 Å². The van der Waals surface area contributed by atoms with Crippen LogP contribution >= 0.6 is 0 Å². The Morgan fingerprint density at radius 3 is 2.59 bits per heavy atom. The highest BCUT2D eigenvalue weighted by Crippen LogP contribution is 2.42. The van der Waals surface area contributed by atoms with Crippen molar-refractivity contribution in [1.29, 1.82) is 0 Å². The summed E-state index contributed by atoms with van der Waals surface area (Å²) in [7, 11) is 2.78. The molecule has 1 saturated carbocycles. The topological polar surface area (TPSA) is 68.3 Å². The number of hydrogen-bond donors (Lipinski definition) is 1. The first-order valence-electron chi connectivity index (χ1n) is 7.49. The van der Waals surface area contributed by atoms with Crippen LogP contribution in [-0.4, -0.2) is 38.0 Å². The van der Waals surface area contributed by atoms with Crippen molar-refractivity contribution in [2.75, 3.05) is 14.1 Å². The average Bonchev–Trinajstić information content (AvgIpc) is 2.62. The first-order chi connectivity index (χ1) is 10.2. The summed E-state index contributed by atoms with van der Waals surface area (Å²) in [6.07, 6.45) is 4.50. The van der Waals surface area contributed by atoms with Gasteiger partial charge in [-0.3, -0.25) is 0 Å². The molecule has 1 aromatic heterocycles. The van der Waals surface area contributed by atoms with Crippen LogP contribution in [0.2, 0.25) is 0 Å². The van der Waals surface area contributed by atoms with Crippen LogP contribution in [0.15, 0.2) is 24.4 Å². The van der Waals surface area contributed by atoms with E-state index < -0.39 is 10.0 Å². The van der Waals surface area contributed by atoms with E-state index in [0.717, 1.165) is 29.3 Å². The Morgan fingerprint density at radius 2 is 2.00 bits per heavy atom. The van der Waals surface area contributed by atoms with Crippen molar-refractivity contribution < 1.29 is 8.42 Å². The number of hydrogen-bond acceptors (Lipinski definition) is 3. The van der Waals surface area contributed by atoms with E-state index in [2.05, 4.69) is 29.8 Å². The van der Waals surface area contributed by atoms with E-state index in [1.54, 1.807) is 0 Å². The highest BCUT2D eigenvalue weighted by atomic mass is 32.2. The number of fused-ring (bicyclic) bond motifs is 1. The number of aryl methyl sites for hydroxylation is 1. The van der Waals surface area contributed by atoms with Gasteiger partial charge in [0, 0.05) is 30.2 Å². The zero-order valence-electron chi connectivity index (χ0n) is 13.3. The zero-order chi connectivity index (χ0) is 16.1. The fraction of sp³-hybridized carbons (Fsp3) is 0.500. The Bertz CT molecular complexity index is 802. The maximum absolute atomic E-state index is 11.3. The van der Waals surface area contributed by atoms with Gasteiger partial charge in [0.2, 0.25) is 10.0 Å². The Morgan fingerprint density at radius 1 is 1.32 bits per heavy atom. The van der Waals surface area contributed by atoms with Crippen LogP contribution in [0.3, 0.4) is 0 Å². The molecule has 1 aliphatic rings. The molecule has 120 valence electrons. The zero-order valence-corrected chi connectivity index (χ0v) is 14.1. The summed E-state index contributed by atoms with van der Waals surface area (Å²) in [5.41, 5.74) is 3.22. The van der Waals surface area contributed by atoms with Crippen LogP contribution in [-0.2, 0) is 22.8 Å². The lowest BCUT2D eigenvalue weighted by Gasteiger charge is -2.39. The van der Waals surface area contributed by atoms with Gasteiger partial charge in [0.05, 0.1) is 5.75 Å². The van der Waals surface area contributed by atoms with E-state index in [1.807, 2.05) is 25.2 Å². The number of aromatic nitrogens is 1. The summed E-state index contributed by atoms with van der Waals surface area (Å²) in [4.78, 5) is 2.27. The lowest BCUT2D eigenvalue weighted by atomic mass is 9.75. The maximum Gasteiger partial charge on any atom is 0.213 e. The average molecular weight is 321 g/mol. The molecule has 3 rings (SSSR count). The van der Waals surface area contributed by atoms with Crippen molar-refractivity contribution in [1.82, 2.24) is 9.47 Å². The highest BCUT2D eigenvalue weighted by Gasteiger charge is 2.33. The third-order valence-electron chi connectivity index (χ3n) is 4.74. The van der Waals surface area contributed by atoms with Crippen molar-refractivity contribution in [3.05, 3.63) is 35.5 Å². The molecule has 1 aromatic carbocycles. The molecule has 1 aliphatic carbocycles. The fourth-order valence-electron chi connectivity index (χ4n) is 3.38. The minimum Gasteiger partial charge on any atom is -0.350 e. The largest absolute Gasteiger partial charge is 0.350 e. The number of rotatable bonds is 4. The second-order valence-electron chi connectivity index (χ2n) is 6.64. The molecule has 0 spiro atoms. The number of nitrogens with two attached hydrogens (primary N) is 1. The second kappa shape index (κ2) is 5.37. The van der Waals surface area contributed by atoms with Gasteiger partial charge in [0.1, 0.15) is 0 Å². The monoisotopic (exact) mass is 321 g/mol. The van der Waals surface area contributed by atoms with E-state index in [9.17, 15) is 8.42 Å². The maximum atomic E-state index is 11.3. The predicted octanol–water partition coefficient (Wildman–Crippen LogP) is 1.77. The first kappa shape index (κ1) is 15.5. The summed E-state index contributed by atoms with van der Waals surface area (Å²) < 4.78 is 24.7. The van der Waals surface area contributed by atoms with Gasteiger partial charge < -0.3 is 9.47 Å². The number of benzene rings is 1. The summed E-state index contributed by atoms with van der Waals surface area (Å²) in [6, 6.07) is 6.47. The van der Waals surface area contributed by atoms with E-state index >= 15 is 0 Å². The predicted molar refractivity (Wildman–Crippen MR) is 89.2 cm³/mol. The molecule has 0 atom stereocenters. The summed E-state index contributed by atoms with van der Waals surface area (Å²) in [6.45, 7) is 0. The lowest BCUT2D eigenvalue weighted by molar-refractivity contribution is 0.167. The van der Waals surface area contributed by atoms with Crippen LogP contribution < -0.4 is 5.14 Å². The van der Waals surface area contributed by atoms with Crippen molar-refractivity contribution in [3.63, 3.8) is 0 Å². The van der Waals surface area contributed by atoms with Gasteiger partial charge in [-0.1, -0.05) is 6.07 Å². The molecule has 0 radical (unpaired) electrons.